The van der Waals surface area contributed by atoms with E-state index in [9.17, 15) is 28.1 Å². The lowest BCUT2D eigenvalue weighted by Crippen LogP contribution is -2.31. The molecule has 0 atom stereocenters. The molecule has 0 bridgehead atoms. The quantitative estimate of drug-likeness (QED) is 0.519. The third-order valence-electron chi connectivity index (χ3n) is 3.34. The lowest BCUT2D eigenvalue weighted by Gasteiger charge is -2.11. The van der Waals surface area contributed by atoms with Gasteiger partial charge in [-0.3, -0.25) is 30.2 Å². The predicted octanol–water partition coefficient (Wildman–Crippen LogP) is 3.01. The van der Waals surface area contributed by atoms with Crippen LogP contribution in [-0.2, 0) is 17.4 Å². The van der Waals surface area contributed by atoms with Gasteiger partial charge in [-0.2, -0.15) is 13.2 Å². The number of carbonyl (C=O) groups is 1. The van der Waals surface area contributed by atoms with Gasteiger partial charge >= 0.3 is 6.18 Å². The molecule has 0 saturated heterocycles. The fraction of sp³-hybridized carbons (Fsp3) is 0.143. The summed E-state index contributed by atoms with van der Waals surface area (Å²) in [4.78, 5) is 26.9. The maximum atomic E-state index is 12.7. The molecule has 2 heterocycles. The van der Waals surface area contributed by atoms with Gasteiger partial charge in [-0.1, -0.05) is 0 Å². The molecule has 0 spiro atoms. The highest BCUT2D eigenvalue weighted by atomic mass is 32.1. The van der Waals surface area contributed by atoms with Gasteiger partial charge in [-0.05, 0) is 12.1 Å². The smallest absolute Gasteiger partial charge is 0.297 e. The van der Waals surface area contributed by atoms with E-state index >= 15 is 0 Å². The van der Waals surface area contributed by atoms with Crippen LogP contribution in [0.25, 0.3) is 4.96 Å². The number of alkyl halides is 3. The second kappa shape index (κ2) is 6.63. The number of amides is 1. The molecule has 12 heteroatoms. The van der Waals surface area contributed by atoms with Crippen molar-refractivity contribution in [3.63, 3.8) is 0 Å². The number of thiazole rings is 1. The van der Waals surface area contributed by atoms with E-state index in [0.29, 0.717) is 22.8 Å². The Kier molecular flexibility index (Phi) is 4.50. The molecule has 2 aromatic heterocycles. The van der Waals surface area contributed by atoms with Gasteiger partial charge in [0.15, 0.2) is 4.96 Å². The van der Waals surface area contributed by atoms with Crippen molar-refractivity contribution in [1.29, 1.82) is 0 Å². The Balaban J connectivity index is 1.69. The number of carbonyl (C=O) groups excluding carboxylic acids is 1. The Morgan fingerprint density at radius 3 is 2.81 bits per heavy atom. The molecule has 2 N–H and O–H groups in total. The van der Waals surface area contributed by atoms with Crippen LogP contribution < -0.4 is 10.9 Å². The zero-order chi connectivity index (χ0) is 18.9. The summed E-state index contributed by atoms with van der Waals surface area (Å²) in [5, 5.41) is 12.8. The minimum absolute atomic E-state index is 0.101. The van der Waals surface area contributed by atoms with E-state index in [1.807, 2.05) is 5.38 Å². The average Bonchev–Trinajstić information content (AvgIpc) is 3.13. The zero-order valence-electron chi connectivity index (χ0n) is 12.8. The molecule has 1 aromatic carbocycles. The highest BCUT2D eigenvalue weighted by Crippen LogP contribution is 2.34. The summed E-state index contributed by atoms with van der Waals surface area (Å²) >= 11 is 1.39. The van der Waals surface area contributed by atoms with Gasteiger partial charge in [-0.25, -0.2) is 4.98 Å². The predicted molar refractivity (Wildman–Crippen MR) is 86.6 cm³/mol. The van der Waals surface area contributed by atoms with Gasteiger partial charge in [0.1, 0.15) is 5.69 Å². The number of aromatic nitrogens is 2. The Labute approximate surface area is 147 Å². The monoisotopic (exact) mass is 385 g/mol. The van der Waals surface area contributed by atoms with Crippen molar-refractivity contribution >= 4 is 33.6 Å². The number of hydrogen-bond donors (Lipinski definition) is 2. The van der Waals surface area contributed by atoms with Crippen molar-refractivity contribution in [2.45, 2.75) is 12.6 Å². The Morgan fingerprint density at radius 2 is 2.15 bits per heavy atom. The Bertz CT molecular complexity index is 953. The Morgan fingerprint density at radius 1 is 1.38 bits per heavy atom. The molecular weight excluding hydrogens is 375 g/mol. The number of benzene rings is 1. The van der Waals surface area contributed by atoms with Crippen LogP contribution in [0, 0.1) is 10.1 Å². The first-order chi connectivity index (χ1) is 12.2. The number of fused-ring (bicyclic) bond motifs is 1. The van der Waals surface area contributed by atoms with Gasteiger partial charge in [0.2, 0.25) is 5.91 Å². The third kappa shape index (κ3) is 3.74. The number of imidazole rings is 1. The summed E-state index contributed by atoms with van der Waals surface area (Å²) < 4.78 is 39.7. The first-order valence-corrected chi connectivity index (χ1v) is 7.93. The van der Waals surface area contributed by atoms with Crippen molar-refractivity contribution in [3.8, 4) is 0 Å². The molecule has 136 valence electrons. The van der Waals surface area contributed by atoms with Gasteiger partial charge in [-0.15, -0.1) is 11.3 Å². The maximum absolute atomic E-state index is 12.7. The second-order valence-electron chi connectivity index (χ2n) is 5.16. The van der Waals surface area contributed by atoms with E-state index in [-0.39, 0.29) is 12.1 Å². The van der Waals surface area contributed by atoms with Crippen molar-refractivity contribution in [2.24, 2.45) is 0 Å². The number of hydrazine groups is 1. The molecule has 0 fully saturated rings. The highest BCUT2D eigenvalue weighted by molar-refractivity contribution is 7.15. The lowest BCUT2D eigenvalue weighted by atomic mass is 10.1. The van der Waals surface area contributed by atoms with Crippen molar-refractivity contribution < 1.29 is 22.9 Å². The molecule has 1 amide bonds. The van der Waals surface area contributed by atoms with Gasteiger partial charge < -0.3 is 0 Å². The summed E-state index contributed by atoms with van der Waals surface area (Å²) in [6.07, 6.45) is -1.37. The fourth-order valence-corrected chi connectivity index (χ4v) is 2.89. The Hall–Kier alpha value is -3.15. The van der Waals surface area contributed by atoms with E-state index in [2.05, 4.69) is 15.8 Å². The van der Waals surface area contributed by atoms with Crippen molar-refractivity contribution in [2.75, 3.05) is 5.43 Å². The van der Waals surface area contributed by atoms with Gasteiger partial charge in [0.25, 0.3) is 5.69 Å². The number of nitrogens with one attached hydrogen (secondary N) is 2. The zero-order valence-corrected chi connectivity index (χ0v) is 13.6. The maximum Gasteiger partial charge on any atom is 0.416 e. The van der Waals surface area contributed by atoms with E-state index in [0.717, 1.165) is 6.07 Å². The molecule has 3 rings (SSSR count). The van der Waals surface area contributed by atoms with E-state index in [4.69, 9.17) is 0 Å². The number of nitro benzene ring substituents is 1. The van der Waals surface area contributed by atoms with Gasteiger partial charge in [0, 0.05) is 23.8 Å². The largest absolute Gasteiger partial charge is 0.416 e. The average molecular weight is 385 g/mol. The number of nitro groups is 1. The molecule has 8 nitrogen and oxygen atoms in total. The van der Waals surface area contributed by atoms with Crippen LogP contribution >= 0.6 is 11.3 Å². The molecule has 26 heavy (non-hydrogen) atoms. The van der Waals surface area contributed by atoms with Crippen LogP contribution in [0.4, 0.5) is 24.5 Å². The summed E-state index contributed by atoms with van der Waals surface area (Å²) in [7, 11) is 0. The summed E-state index contributed by atoms with van der Waals surface area (Å²) in [5.41, 5.74) is 2.76. The van der Waals surface area contributed by atoms with Crippen LogP contribution in [0.15, 0.2) is 36.0 Å². The normalized spacial score (nSPS) is 11.5. The second-order valence-corrected chi connectivity index (χ2v) is 6.03. The van der Waals surface area contributed by atoms with Crippen LogP contribution in [0.5, 0.6) is 0 Å². The summed E-state index contributed by atoms with van der Waals surface area (Å²) in [6.45, 7) is 0. The molecule has 0 aliphatic carbocycles. The standard InChI is InChI=1S/C14H10F3N5O3S/c15-14(16,17)8-1-2-10(11(5-8)22(24)25)19-20-12(23)6-9-7-21-3-4-26-13(21)18-9/h1-5,7,19H,6H2,(H,20,23). The number of nitrogens with zero attached hydrogens (tertiary/aromatic N) is 3. The summed E-state index contributed by atoms with van der Waals surface area (Å²) in [6, 6.07) is 1.97. The van der Waals surface area contributed by atoms with Crippen LogP contribution in [0.3, 0.4) is 0 Å². The first kappa shape index (κ1) is 17.7. The number of hydrogen-bond acceptors (Lipinski definition) is 6. The summed E-state index contributed by atoms with van der Waals surface area (Å²) in [5.74, 6) is -0.551. The van der Waals surface area contributed by atoms with Crippen LogP contribution in [0.2, 0.25) is 0 Å². The molecule has 0 aliphatic rings. The van der Waals surface area contributed by atoms with Crippen molar-refractivity contribution in [3.05, 3.63) is 57.3 Å². The molecule has 0 unspecified atom stereocenters. The van der Waals surface area contributed by atoms with Crippen LogP contribution in [-0.4, -0.2) is 20.2 Å². The highest BCUT2D eigenvalue weighted by Gasteiger charge is 2.33. The molecular formula is C14H10F3N5O3S. The fourth-order valence-electron chi connectivity index (χ4n) is 2.17. The topological polar surface area (TPSA) is 102 Å². The van der Waals surface area contributed by atoms with E-state index in [1.54, 1.807) is 16.8 Å². The third-order valence-corrected chi connectivity index (χ3v) is 4.11. The first-order valence-electron chi connectivity index (χ1n) is 7.05. The van der Waals surface area contributed by atoms with E-state index in [1.165, 1.54) is 11.3 Å². The SMILES string of the molecule is O=C(Cc1cn2ccsc2n1)NNc1ccc(C(F)(F)F)cc1[N+](=O)[O-]. The number of halogens is 3. The molecule has 0 aliphatic heterocycles. The molecule has 0 radical (unpaired) electrons. The lowest BCUT2D eigenvalue weighted by molar-refractivity contribution is -0.384. The van der Waals surface area contributed by atoms with Crippen LogP contribution in [0.1, 0.15) is 11.3 Å². The molecule has 3 aromatic rings. The van der Waals surface area contributed by atoms with E-state index < -0.39 is 28.3 Å². The number of rotatable bonds is 5. The van der Waals surface area contributed by atoms with Gasteiger partial charge in [0.05, 0.1) is 22.6 Å². The minimum Gasteiger partial charge on any atom is -0.297 e. The number of anilines is 1. The van der Waals surface area contributed by atoms with Crippen molar-refractivity contribution in [1.82, 2.24) is 14.8 Å². The molecule has 0 saturated carbocycles. The minimum atomic E-state index is -4.71.